The Balaban J connectivity index is 2.48. The van der Waals surface area contributed by atoms with Crippen molar-refractivity contribution in [2.24, 2.45) is 0 Å². The van der Waals surface area contributed by atoms with Crippen molar-refractivity contribution in [3.63, 3.8) is 0 Å². The first-order valence-electron chi connectivity index (χ1n) is 5.25. The molecule has 0 amide bonds. The van der Waals surface area contributed by atoms with Gasteiger partial charge in [0, 0.05) is 6.20 Å². The van der Waals surface area contributed by atoms with Crippen LogP contribution in [0.4, 0.5) is 0 Å². The van der Waals surface area contributed by atoms with Crippen LogP contribution in [0.25, 0.3) is 0 Å². The van der Waals surface area contributed by atoms with Crippen molar-refractivity contribution in [1.29, 1.82) is 0 Å². The molecular formula is C11H19N2O+. The van der Waals surface area contributed by atoms with Gasteiger partial charge in [-0.1, -0.05) is 0 Å². The minimum atomic E-state index is 0.775. The van der Waals surface area contributed by atoms with Crippen molar-refractivity contribution >= 4 is 6.29 Å². The van der Waals surface area contributed by atoms with E-state index in [0.29, 0.717) is 0 Å². The second-order valence-corrected chi connectivity index (χ2v) is 3.45. The van der Waals surface area contributed by atoms with Gasteiger partial charge in [-0.3, -0.25) is 4.79 Å². The van der Waals surface area contributed by atoms with Crippen molar-refractivity contribution in [2.75, 3.05) is 19.6 Å². The van der Waals surface area contributed by atoms with Gasteiger partial charge in [0.1, 0.15) is 0 Å². The van der Waals surface area contributed by atoms with Gasteiger partial charge >= 0.3 is 0 Å². The molecule has 14 heavy (non-hydrogen) atoms. The normalized spacial score (nSPS) is 10.8. The number of nitrogens with zero attached hydrogens (tertiary/aromatic N) is 1. The summed E-state index contributed by atoms with van der Waals surface area (Å²) in [5, 5.41) is 0. The number of aldehydes is 1. The van der Waals surface area contributed by atoms with Crippen LogP contribution in [0.1, 0.15) is 24.3 Å². The Hall–Kier alpha value is -1.09. The lowest BCUT2D eigenvalue weighted by Crippen LogP contribution is -3.11. The van der Waals surface area contributed by atoms with Gasteiger partial charge in [-0.2, -0.15) is 0 Å². The van der Waals surface area contributed by atoms with E-state index in [1.807, 2.05) is 22.9 Å². The van der Waals surface area contributed by atoms with E-state index >= 15 is 0 Å². The maximum absolute atomic E-state index is 10.6. The van der Waals surface area contributed by atoms with Gasteiger partial charge in [-0.15, -0.1) is 0 Å². The Labute approximate surface area is 85.3 Å². The highest BCUT2D eigenvalue weighted by molar-refractivity contribution is 5.72. The third-order valence-corrected chi connectivity index (χ3v) is 2.69. The van der Waals surface area contributed by atoms with Gasteiger partial charge < -0.3 is 9.47 Å². The van der Waals surface area contributed by atoms with Crippen LogP contribution in [-0.2, 0) is 6.54 Å². The Morgan fingerprint density at radius 3 is 2.71 bits per heavy atom. The van der Waals surface area contributed by atoms with Gasteiger partial charge in [-0.25, -0.2) is 0 Å². The predicted octanol–water partition coefficient (Wildman–Crippen LogP) is 0.225. The third kappa shape index (κ3) is 2.70. The minimum absolute atomic E-state index is 0.775. The zero-order chi connectivity index (χ0) is 10.4. The molecule has 3 nitrogen and oxygen atoms in total. The Kier molecular flexibility index (Phi) is 4.40. The second-order valence-electron chi connectivity index (χ2n) is 3.45. The van der Waals surface area contributed by atoms with Crippen LogP contribution in [-0.4, -0.2) is 30.5 Å². The second kappa shape index (κ2) is 5.60. The van der Waals surface area contributed by atoms with E-state index < -0.39 is 0 Å². The Morgan fingerprint density at radius 1 is 1.43 bits per heavy atom. The maximum Gasteiger partial charge on any atom is 0.166 e. The molecule has 1 aromatic heterocycles. The molecule has 0 aliphatic heterocycles. The first-order valence-corrected chi connectivity index (χ1v) is 5.25. The fourth-order valence-corrected chi connectivity index (χ4v) is 1.62. The molecule has 1 heterocycles. The van der Waals surface area contributed by atoms with E-state index in [9.17, 15) is 4.79 Å². The van der Waals surface area contributed by atoms with Crippen molar-refractivity contribution in [1.82, 2.24) is 4.57 Å². The molecule has 0 spiro atoms. The van der Waals surface area contributed by atoms with Gasteiger partial charge in [0.15, 0.2) is 6.29 Å². The van der Waals surface area contributed by atoms with Crippen LogP contribution < -0.4 is 4.90 Å². The van der Waals surface area contributed by atoms with E-state index in [0.717, 1.165) is 38.2 Å². The van der Waals surface area contributed by atoms with E-state index in [1.54, 1.807) is 4.90 Å². The zero-order valence-electron chi connectivity index (χ0n) is 8.99. The van der Waals surface area contributed by atoms with E-state index in [1.165, 1.54) is 0 Å². The standard InChI is InChI=1S/C11H18N2O/c1-3-12(4-2)8-9-13-7-5-6-11(13)10-14/h5-7,10H,3-4,8-9H2,1-2H3/p+1. The number of aromatic nitrogens is 1. The molecule has 0 atom stereocenters. The fraction of sp³-hybridized carbons (Fsp3) is 0.545. The zero-order valence-corrected chi connectivity index (χ0v) is 8.99. The molecule has 1 N–H and O–H groups in total. The lowest BCUT2D eigenvalue weighted by Gasteiger charge is -2.15. The summed E-state index contributed by atoms with van der Waals surface area (Å²) in [6, 6.07) is 3.77. The Bertz CT molecular complexity index is 277. The SMILES string of the molecule is CC[NH+](CC)CCn1cccc1C=O. The molecule has 78 valence electrons. The van der Waals surface area contributed by atoms with Gasteiger partial charge in [-0.05, 0) is 26.0 Å². The van der Waals surface area contributed by atoms with Crippen LogP contribution in [0.2, 0.25) is 0 Å². The molecule has 0 radical (unpaired) electrons. The highest BCUT2D eigenvalue weighted by Crippen LogP contribution is 1.97. The first-order chi connectivity index (χ1) is 6.81. The fourth-order valence-electron chi connectivity index (χ4n) is 1.62. The monoisotopic (exact) mass is 195 g/mol. The molecule has 0 aliphatic carbocycles. The smallest absolute Gasteiger partial charge is 0.166 e. The van der Waals surface area contributed by atoms with E-state index in [4.69, 9.17) is 0 Å². The summed E-state index contributed by atoms with van der Waals surface area (Å²) in [4.78, 5) is 12.2. The van der Waals surface area contributed by atoms with Crippen molar-refractivity contribution in [3.8, 4) is 0 Å². The summed E-state index contributed by atoms with van der Waals surface area (Å²) in [6.07, 6.45) is 2.88. The van der Waals surface area contributed by atoms with Crippen molar-refractivity contribution < 1.29 is 9.69 Å². The topological polar surface area (TPSA) is 26.4 Å². The molecule has 0 saturated carbocycles. The van der Waals surface area contributed by atoms with Crippen LogP contribution >= 0.6 is 0 Å². The van der Waals surface area contributed by atoms with Gasteiger partial charge in [0.25, 0.3) is 0 Å². The first kappa shape index (κ1) is 11.0. The quantitative estimate of drug-likeness (QED) is 0.646. The van der Waals surface area contributed by atoms with E-state index in [2.05, 4.69) is 13.8 Å². The number of hydrogen-bond acceptors (Lipinski definition) is 1. The van der Waals surface area contributed by atoms with Gasteiger partial charge in [0.2, 0.25) is 0 Å². The third-order valence-electron chi connectivity index (χ3n) is 2.69. The number of carbonyl (C=O) groups excluding carboxylic acids is 1. The molecule has 0 fully saturated rings. The molecule has 1 rings (SSSR count). The Morgan fingerprint density at radius 2 is 2.14 bits per heavy atom. The van der Waals surface area contributed by atoms with E-state index in [-0.39, 0.29) is 0 Å². The summed E-state index contributed by atoms with van der Waals surface area (Å²) < 4.78 is 2.01. The highest BCUT2D eigenvalue weighted by atomic mass is 16.1. The summed E-state index contributed by atoms with van der Waals surface area (Å²) >= 11 is 0. The maximum atomic E-state index is 10.6. The summed E-state index contributed by atoms with van der Waals surface area (Å²) in [7, 11) is 0. The molecule has 0 unspecified atom stereocenters. The summed E-state index contributed by atoms with van der Waals surface area (Å²) in [5.74, 6) is 0. The number of nitrogens with one attached hydrogen (secondary N) is 1. The average molecular weight is 195 g/mol. The molecular weight excluding hydrogens is 176 g/mol. The molecule has 0 aliphatic rings. The number of quaternary nitrogens is 1. The number of carbonyl (C=O) groups is 1. The molecule has 0 saturated heterocycles. The average Bonchev–Trinajstić information content (AvgIpc) is 2.67. The molecule has 0 aromatic carbocycles. The van der Waals surface area contributed by atoms with Crippen LogP contribution in [0.5, 0.6) is 0 Å². The lowest BCUT2D eigenvalue weighted by atomic mass is 10.4. The number of rotatable bonds is 6. The van der Waals surface area contributed by atoms with Gasteiger partial charge in [0.05, 0.1) is 31.9 Å². The van der Waals surface area contributed by atoms with Crippen LogP contribution in [0.3, 0.4) is 0 Å². The van der Waals surface area contributed by atoms with Crippen LogP contribution in [0.15, 0.2) is 18.3 Å². The summed E-state index contributed by atoms with van der Waals surface area (Å²) in [5.41, 5.74) is 0.775. The number of likely N-dealkylation sites (N-methyl/N-ethyl adjacent to an activating group) is 1. The van der Waals surface area contributed by atoms with Crippen molar-refractivity contribution in [3.05, 3.63) is 24.0 Å². The summed E-state index contributed by atoms with van der Waals surface area (Å²) in [6.45, 7) is 8.69. The predicted molar refractivity (Wildman–Crippen MR) is 56.7 cm³/mol. The lowest BCUT2D eigenvalue weighted by molar-refractivity contribution is -0.897. The highest BCUT2D eigenvalue weighted by Gasteiger charge is 2.04. The molecule has 1 aromatic rings. The van der Waals surface area contributed by atoms with Crippen LogP contribution in [0, 0.1) is 0 Å². The molecule has 3 heteroatoms. The molecule has 0 bridgehead atoms. The minimum Gasteiger partial charge on any atom is -0.340 e. The number of hydrogen-bond donors (Lipinski definition) is 1. The largest absolute Gasteiger partial charge is 0.340 e. The van der Waals surface area contributed by atoms with Crippen molar-refractivity contribution in [2.45, 2.75) is 20.4 Å².